The molecule has 3 N–H and O–H groups in total. The standard InChI is InChI=1S/C16H20N4O/c1-4-16(2,3)11-5-7-12(8-6-11)21-15-13(14(17)18)9-10-19-20-15/h5-10H,4H2,1-3H3,(H3,17,18). The van der Waals surface area contributed by atoms with E-state index in [1.54, 1.807) is 6.07 Å². The lowest BCUT2D eigenvalue weighted by Crippen LogP contribution is -2.15. The average molecular weight is 284 g/mol. The molecule has 0 aliphatic rings. The molecule has 0 spiro atoms. The molecule has 0 amide bonds. The molecule has 1 aromatic heterocycles. The van der Waals surface area contributed by atoms with Crippen molar-refractivity contribution in [1.29, 1.82) is 5.41 Å². The quantitative estimate of drug-likeness (QED) is 0.652. The van der Waals surface area contributed by atoms with E-state index in [0.29, 0.717) is 11.3 Å². The fourth-order valence-electron chi connectivity index (χ4n) is 1.89. The van der Waals surface area contributed by atoms with Crippen LogP contribution in [0.15, 0.2) is 36.5 Å². The number of amidine groups is 1. The lowest BCUT2D eigenvalue weighted by atomic mass is 9.82. The second kappa shape index (κ2) is 5.91. The number of rotatable bonds is 5. The lowest BCUT2D eigenvalue weighted by molar-refractivity contribution is 0.452. The first-order chi connectivity index (χ1) is 9.94. The van der Waals surface area contributed by atoms with Gasteiger partial charge in [-0.1, -0.05) is 32.9 Å². The molecular formula is C16H20N4O. The number of nitrogen functional groups attached to an aromatic ring is 1. The molecule has 0 bridgehead atoms. The zero-order valence-corrected chi connectivity index (χ0v) is 12.6. The Morgan fingerprint density at radius 3 is 2.48 bits per heavy atom. The minimum atomic E-state index is -0.0939. The molecule has 1 heterocycles. The van der Waals surface area contributed by atoms with E-state index in [0.717, 1.165) is 6.42 Å². The highest BCUT2D eigenvalue weighted by atomic mass is 16.5. The maximum absolute atomic E-state index is 7.51. The Kier molecular flexibility index (Phi) is 4.21. The Balaban J connectivity index is 2.24. The second-order valence-electron chi connectivity index (χ2n) is 5.53. The van der Waals surface area contributed by atoms with Crippen molar-refractivity contribution in [2.45, 2.75) is 32.6 Å². The van der Waals surface area contributed by atoms with Crippen LogP contribution in [0.25, 0.3) is 0 Å². The maximum atomic E-state index is 7.51. The van der Waals surface area contributed by atoms with Crippen LogP contribution in [-0.4, -0.2) is 16.0 Å². The van der Waals surface area contributed by atoms with E-state index in [2.05, 4.69) is 31.0 Å². The Bertz CT molecular complexity index is 635. The molecule has 0 aliphatic heterocycles. The first kappa shape index (κ1) is 15.0. The molecule has 2 rings (SSSR count). The summed E-state index contributed by atoms with van der Waals surface area (Å²) in [6.07, 6.45) is 2.54. The van der Waals surface area contributed by atoms with Gasteiger partial charge in [-0.25, -0.2) is 0 Å². The normalized spacial score (nSPS) is 11.2. The van der Waals surface area contributed by atoms with Gasteiger partial charge in [-0.05, 0) is 35.6 Å². The second-order valence-corrected chi connectivity index (χ2v) is 5.53. The molecule has 5 nitrogen and oxygen atoms in total. The predicted molar refractivity (Wildman–Crippen MR) is 82.9 cm³/mol. The van der Waals surface area contributed by atoms with Gasteiger partial charge in [0, 0.05) is 0 Å². The summed E-state index contributed by atoms with van der Waals surface area (Å²) in [6.45, 7) is 6.59. The summed E-state index contributed by atoms with van der Waals surface area (Å²) in [7, 11) is 0. The summed E-state index contributed by atoms with van der Waals surface area (Å²) in [4.78, 5) is 0. The third-order valence-corrected chi connectivity index (χ3v) is 3.71. The SMILES string of the molecule is CCC(C)(C)c1ccc(Oc2nnccc2C(=N)N)cc1. The summed E-state index contributed by atoms with van der Waals surface area (Å²) in [5.41, 5.74) is 7.32. The van der Waals surface area contributed by atoms with Crippen LogP contribution in [0.5, 0.6) is 11.6 Å². The Morgan fingerprint density at radius 1 is 1.24 bits per heavy atom. The Hall–Kier alpha value is -2.43. The average Bonchev–Trinajstić information content (AvgIpc) is 2.48. The summed E-state index contributed by atoms with van der Waals surface area (Å²) >= 11 is 0. The molecule has 0 aliphatic carbocycles. The summed E-state index contributed by atoms with van der Waals surface area (Å²) in [5.74, 6) is 0.796. The first-order valence-electron chi connectivity index (χ1n) is 6.88. The number of hydrogen-bond acceptors (Lipinski definition) is 4. The highest BCUT2D eigenvalue weighted by molar-refractivity contribution is 5.96. The van der Waals surface area contributed by atoms with Crippen LogP contribution in [0, 0.1) is 5.41 Å². The molecule has 21 heavy (non-hydrogen) atoms. The third kappa shape index (κ3) is 3.37. The van der Waals surface area contributed by atoms with Gasteiger partial charge in [0.05, 0.1) is 11.8 Å². The van der Waals surface area contributed by atoms with E-state index < -0.39 is 0 Å². The zero-order chi connectivity index (χ0) is 15.5. The van der Waals surface area contributed by atoms with Crippen LogP contribution in [0.4, 0.5) is 0 Å². The smallest absolute Gasteiger partial charge is 0.249 e. The van der Waals surface area contributed by atoms with Gasteiger partial charge in [-0.15, -0.1) is 5.10 Å². The Morgan fingerprint density at radius 2 is 1.90 bits per heavy atom. The predicted octanol–water partition coefficient (Wildman–Crippen LogP) is 3.24. The molecule has 5 heteroatoms. The van der Waals surface area contributed by atoms with Crippen molar-refractivity contribution in [1.82, 2.24) is 10.2 Å². The summed E-state index contributed by atoms with van der Waals surface area (Å²) in [6, 6.07) is 9.49. The fraction of sp³-hybridized carbons (Fsp3) is 0.312. The molecule has 1 aromatic carbocycles. The van der Waals surface area contributed by atoms with Crippen molar-refractivity contribution in [2.75, 3.05) is 0 Å². The van der Waals surface area contributed by atoms with Gasteiger partial charge in [-0.2, -0.15) is 5.10 Å². The minimum Gasteiger partial charge on any atom is -0.437 e. The number of hydrogen-bond donors (Lipinski definition) is 2. The number of nitrogens with one attached hydrogen (secondary N) is 1. The molecule has 0 saturated carbocycles. The van der Waals surface area contributed by atoms with Gasteiger partial charge in [0.1, 0.15) is 11.6 Å². The molecular weight excluding hydrogens is 264 g/mol. The van der Waals surface area contributed by atoms with E-state index in [-0.39, 0.29) is 17.1 Å². The summed E-state index contributed by atoms with van der Waals surface area (Å²) < 4.78 is 5.68. The fourth-order valence-corrected chi connectivity index (χ4v) is 1.89. The van der Waals surface area contributed by atoms with Gasteiger partial charge < -0.3 is 10.5 Å². The van der Waals surface area contributed by atoms with Crippen molar-refractivity contribution in [3.63, 3.8) is 0 Å². The van der Waals surface area contributed by atoms with Gasteiger partial charge in [0.15, 0.2) is 0 Å². The largest absolute Gasteiger partial charge is 0.437 e. The van der Waals surface area contributed by atoms with E-state index in [1.807, 2.05) is 24.3 Å². The number of nitrogens with two attached hydrogens (primary N) is 1. The topological polar surface area (TPSA) is 84.9 Å². The van der Waals surface area contributed by atoms with E-state index >= 15 is 0 Å². The van der Waals surface area contributed by atoms with Crippen molar-refractivity contribution in [2.24, 2.45) is 5.73 Å². The van der Waals surface area contributed by atoms with Crippen LogP contribution in [-0.2, 0) is 5.41 Å². The molecule has 110 valence electrons. The van der Waals surface area contributed by atoms with Crippen LogP contribution < -0.4 is 10.5 Å². The highest BCUT2D eigenvalue weighted by Gasteiger charge is 2.18. The molecule has 0 saturated heterocycles. The van der Waals surface area contributed by atoms with Crippen molar-refractivity contribution < 1.29 is 4.74 Å². The van der Waals surface area contributed by atoms with Crippen molar-refractivity contribution in [3.8, 4) is 11.6 Å². The molecule has 0 radical (unpaired) electrons. The van der Waals surface area contributed by atoms with Crippen molar-refractivity contribution >= 4 is 5.84 Å². The number of nitrogens with zero attached hydrogens (tertiary/aromatic N) is 2. The van der Waals surface area contributed by atoms with Gasteiger partial charge in [0.25, 0.3) is 0 Å². The Labute approximate surface area is 124 Å². The lowest BCUT2D eigenvalue weighted by Gasteiger charge is -2.23. The molecule has 0 atom stereocenters. The molecule has 0 unspecified atom stereocenters. The van der Waals surface area contributed by atoms with E-state index in [9.17, 15) is 0 Å². The highest BCUT2D eigenvalue weighted by Crippen LogP contribution is 2.29. The van der Waals surface area contributed by atoms with Crippen molar-refractivity contribution in [3.05, 3.63) is 47.7 Å². The monoisotopic (exact) mass is 284 g/mol. The van der Waals surface area contributed by atoms with Crippen LogP contribution in [0.3, 0.4) is 0 Å². The number of aromatic nitrogens is 2. The van der Waals surface area contributed by atoms with E-state index in [4.69, 9.17) is 15.9 Å². The third-order valence-electron chi connectivity index (χ3n) is 3.71. The van der Waals surface area contributed by atoms with Crippen LogP contribution in [0.2, 0.25) is 0 Å². The molecule has 2 aromatic rings. The maximum Gasteiger partial charge on any atom is 0.249 e. The van der Waals surface area contributed by atoms with Gasteiger partial charge >= 0.3 is 0 Å². The zero-order valence-electron chi connectivity index (χ0n) is 12.6. The molecule has 0 fully saturated rings. The van der Waals surface area contributed by atoms with Gasteiger partial charge in [0.2, 0.25) is 5.88 Å². The summed E-state index contributed by atoms with van der Waals surface area (Å²) in [5, 5.41) is 15.2. The van der Waals surface area contributed by atoms with Crippen LogP contribution in [0.1, 0.15) is 38.3 Å². The number of benzene rings is 1. The first-order valence-corrected chi connectivity index (χ1v) is 6.88. The van der Waals surface area contributed by atoms with E-state index in [1.165, 1.54) is 11.8 Å². The van der Waals surface area contributed by atoms with Gasteiger partial charge in [-0.3, -0.25) is 5.41 Å². The van der Waals surface area contributed by atoms with Crippen LogP contribution >= 0.6 is 0 Å². The number of ether oxygens (including phenoxy) is 1. The minimum absolute atomic E-state index is 0.0939.